The highest BCUT2D eigenvalue weighted by atomic mass is 35.5. The number of rotatable bonds is 3. The average molecular weight is 253 g/mol. The monoisotopic (exact) mass is 252 g/mol. The lowest BCUT2D eigenvalue weighted by Gasteiger charge is -2.32. The molecule has 0 saturated carbocycles. The topological polar surface area (TPSA) is 15.3 Å². The van der Waals surface area contributed by atoms with Gasteiger partial charge < -0.3 is 10.2 Å². The molecule has 2 nitrogen and oxygen atoms in total. The molecule has 0 atom stereocenters. The number of benzene rings is 1. The van der Waals surface area contributed by atoms with Crippen LogP contribution in [0.3, 0.4) is 0 Å². The fourth-order valence-corrected chi connectivity index (χ4v) is 2.69. The van der Waals surface area contributed by atoms with E-state index in [1.165, 1.54) is 31.5 Å². The number of aryl methyl sites for hydroxylation is 1. The molecule has 0 unspecified atom stereocenters. The second-order valence-corrected chi connectivity index (χ2v) is 5.19. The summed E-state index contributed by atoms with van der Waals surface area (Å²) in [7, 11) is 0. The number of nitrogens with one attached hydrogen (secondary N) is 1. The van der Waals surface area contributed by atoms with Crippen molar-refractivity contribution in [1.29, 1.82) is 0 Å². The van der Waals surface area contributed by atoms with Gasteiger partial charge in [-0.15, -0.1) is 0 Å². The van der Waals surface area contributed by atoms with Crippen molar-refractivity contribution in [3.8, 4) is 0 Å². The van der Waals surface area contributed by atoms with Crippen LogP contribution in [-0.2, 0) is 0 Å². The summed E-state index contributed by atoms with van der Waals surface area (Å²) in [4.78, 5) is 2.50. The number of likely N-dealkylation sites (tertiary alicyclic amines) is 1. The molecule has 1 aliphatic rings. The lowest BCUT2D eigenvalue weighted by atomic mass is 10.0. The summed E-state index contributed by atoms with van der Waals surface area (Å²) < 4.78 is 0. The average Bonchev–Trinajstić information content (AvgIpc) is 2.35. The third-order valence-corrected chi connectivity index (χ3v) is 3.92. The molecule has 0 spiro atoms. The van der Waals surface area contributed by atoms with Crippen molar-refractivity contribution in [3.05, 3.63) is 28.8 Å². The maximum absolute atomic E-state index is 6.23. The van der Waals surface area contributed by atoms with E-state index in [0.717, 1.165) is 17.3 Å². The van der Waals surface area contributed by atoms with Crippen LogP contribution < -0.4 is 5.32 Å². The Kier molecular flexibility index (Phi) is 4.30. The van der Waals surface area contributed by atoms with Crippen LogP contribution in [0.1, 0.15) is 25.3 Å². The first kappa shape index (κ1) is 12.7. The molecule has 17 heavy (non-hydrogen) atoms. The Bertz CT molecular complexity index is 350. The molecule has 94 valence electrons. The molecule has 3 heteroatoms. The quantitative estimate of drug-likeness (QED) is 0.885. The van der Waals surface area contributed by atoms with Crippen molar-refractivity contribution >= 4 is 17.3 Å². The van der Waals surface area contributed by atoms with E-state index < -0.39 is 0 Å². The smallest absolute Gasteiger partial charge is 0.0640 e. The summed E-state index contributed by atoms with van der Waals surface area (Å²) in [6.45, 7) is 7.88. The van der Waals surface area contributed by atoms with Gasteiger partial charge in [-0.05, 0) is 37.9 Å². The highest BCUT2D eigenvalue weighted by Crippen LogP contribution is 2.27. The minimum Gasteiger partial charge on any atom is -0.381 e. The molecule has 0 aromatic heterocycles. The van der Waals surface area contributed by atoms with Crippen LogP contribution in [0.2, 0.25) is 5.02 Å². The lowest BCUT2D eigenvalue weighted by molar-refractivity contribution is 0.229. The number of para-hydroxylation sites is 1. The first-order valence-electron chi connectivity index (χ1n) is 6.44. The minimum absolute atomic E-state index is 0.566. The molecule has 1 aliphatic heterocycles. The Hall–Kier alpha value is -0.730. The largest absolute Gasteiger partial charge is 0.381 e. The van der Waals surface area contributed by atoms with E-state index in [2.05, 4.69) is 30.1 Å². The molecular weight excluding hydrogens is 232 g/mol. The summed E-state index contributed by atoms with van der Waals surface area (Å²) >= 11 is 6.23. The van der Waals surface area contributed by atoms with Crippen LogP contribution in [0, 0.1) is 6.92 Å². The Morgan fingerprint density at radius 2 is 2.06 bits per heavy atom. The van der Waals surface area contributed by atoms with Gasteiger partial charge in [0.2, 0.25) is 0 Å². The van der Waals surface area contributed by atoms with Crippen LogP contribution in [0.25, 0.3) is 0 Å². The highest BCUT2D eigenvalue weighted by molar-refractivity contribution is 6.33. The number of piperidine rings is 1. The van der Waals surface area contributed by atoms with E-state index in [1.807, 2.05) is 12.1 Å². The van der Waals surface area contributed by atoms with E-state index in [1.54, 1.807) is 0 Å². The number of hydrogen-bond donors (Lipinski definition) is 1. The second-order valence-electron chi connectivity index (χ2n) is 4.78. The summed E-state index contributed by atoms with van der Waals surface area (Å²) in [5, 5.41) is 4.44. The Morgan fingerprint density at radius 1 is 1.35 bits per heavy atom. The van der Waals surface area contributed by atoms with E-state index in [0.29, 0.717) is 6.04 Å². The fraction of sp³-hybridized carbons (Fsp3) is 0.571. The third kappa shape index (κ3) is 3.14. The van der Waals surface area contributed by atoms with Gasteiger partial charge in [-0.2, -0.15) is 0 Å². The van der Waals surface area contributed by atoms with Crippen molar-refractivity contribution in [2.75, 3.05) is 25.0 Å². The summed E-state index contributed by atoms with van der Waals surface area (Å²) in [6.07, 6.45) is 2.41. The van der Waals surface area contributed by atoms with Gasteiger partial charge in [-0.25, -0.2) is 0 Å². The van der Waals surface area contributed by atoms with Crippen LogP contribution in [-0.4, -0.2) is 30.6 Å². The Labute approximate surface area is 109 Å². The van der Waals surface area contributed by atoms with E-state index in [9.17, 15) is 0 Å². The van der Waals surface area contributed by atoms with Crippen LogP contribution in [0.5, 0.6) is 0 Å². The highest BCUT2D eigenvalue weighted by Gasteiger charge is 2.18. The van der Waals surface area contributed by atoms with Crippen LogP contribution >= 0.6 is 11.6 Å². The van der Waals surface area contributed by atoms with Crippen LogP contribution in [0.15, 0.2) is 18.2 Å². The summed E-state index contributed by atoms with van der Waals surface area (Å²) in [5.74, 6) is 0. The van der Waals surface area contributed by atoms with Crippen molar-refractivity contribution in [2.45, 2.75) is 32.7 Å². The third-order valence-electron chi connectivity index (χ3n) is 3.61. The van der Waals surface area contributed by atoms with Crippen molar-refractivity contribution in [2.24, 2.45) is 0 Å². The summed E-state index contributed by atoms with van der Waals surface area (Å²) in [6, 6.07) is 6.63. The summed E-state index contributed by atoms with van der Waals surface area (Å²) in [5.41, 5.74) is 2.35. The first-order valence-corrected chi connectivity index (χ1v) is 6.82. The molecular formula is C14H21ClN2. The van der Waals surface area contributed by atoms with Gasteiger partial charge in [0, 0.05) is 19.1 Å². The molecule has 1 N–H and O–H groups in total. The van der Waals surface area contributed by atoms with E-state index in [-0.39, 0.29) is 0 Å². The molecule has 1 saturated heterocycles. The number of nitrogens with zero attached hydrogens (tertiary/aromatic N) is 1. The van der Waals surface area contributed by atoms with Gasteiger partial charge in [0.05, 0.1) is 10.7 Å². The fourth-order valence-electron chi connectivity index (χ4n) is 2.41. The maximum Gasteiger partial charge on any atom is 0.0640 e. The van der Waals surface area contributed by atoms with Gasteiger partial charge in [0.15, 0.2) is 0 Å². The predicted octanol–water partition coefficient (Wildman–Crippen LogP) is 3.54. The predicted molar refractivity (Wildman–Crippen MR) is 74.9 cm³/mol. The van der Waals surface area contributed by atoms with Crippen LogP contribution in [0.4, 0.5) is 5.69 Å². The normalized spacial score (nSPS) is 18.3. The molecule has 0 aliphatic carbocycles. The van der Waals surface area contributed by atoms with Gasteiger partial charge >= 0.3 is 0 Å². The molecule has 2 rings (SSSR count). The molecule has 0 radical (unpaired) electrons. The van der Waals surface area contributed by atoms with Crippen molar-refractivity contribution in [3.63, 3.8) is 0 Å². The van der Waals surface area contributed by atoms with E-state index in [4.69, 9.17) is 11.6 Å². The zero-order valence-corrected chi connectivity index (χ0v) is 11.4. The minimum atomic E-state index is 0.566. The zero-order chi connectivity index (χ0) is 12.3. The SMILES string of the molecule is CCN1CCC(Nc2c(C)cccc2Cl)CC1. The lowest BCUT2D eigenvalue weighted by Crippen LogP contribution is -2.39. The first-order chi connectivity index (χ1) is 8.20. The number of hydrogen-bond acceptors (Lipinski definition) is 2. The molecule has 1 aromatic carbocycles. The van der Waals surface area contributed by atoms with Gasteiger partial charge in [0.25, 0.3) is 0 Å². The van der Waals surface area contributed by atoms with Gasteiger partial charge in [-0.3, -0.25) is 0 Å². The number of halogens is 1. The van der Waals surface area contributed by atoms with Gasteiger partial charge in [0.1, 0.15) is 0 Å². The molecule has 0 amide bonds. The standard InChI is InChI=1S/C14H21ClN2/c1-3-17-9-7-12(8-10-17)16-14-11(2)5-4-6-13(14)15/h4-6,12,16H,3,7-10H2,1-2H3. The molecule has 0 bridgehead atoms. The van der Waals surface area contributed by atoms with Crippen molar-refractivity contribution < 1.29 is 0 Å². The molecule has 1 heterocycles. The Morgan fingerprint density at radius 3 is 2.65 bits per heavy atom. The van der Waals surface area contributed by atoms with E-state index >= 15 is 0 Å². The van der Waals surface area contributed by atoms with Crippen molar-refractivity contribution in [1.82, 2.24) is 4.90 Å². The Balaban J connectivity index is 1.98. The maximum atomic E-state index is 6.23. The molecule has 1 fully saturated rings. The van der Waals surface area contributed by atoms with Gasteiger partial charge in [-0.1, -0.05) is 30.7 Å². The second kappa shape index (κ2) is 5.74. The zero-order valence-electron chi connectivity index (χ0n) is 10.7. The number of anilines is 1. The molecule has 1 aromatic rings.